The molecule has 4 rings (SSSR count). The first-order valence-corrected chi connectivity index (χ1v) is 9.76. The molecule has 1 aliphatic heterocycles. The van der Waals surface area contributed by atoms with Gasteiger partial charge in [0, 0.05) is 42.6 Å². The van der Waals surface area contributed by atoms with E-state index in [1.54, 1.807) is 6.20 Å². The molecular weight excluding hydrogens is 372 g/mol. The second kappa shape index (κ2) is 8.02. The third-order valence-electron chi connectivity index (χ3n) is 4.92. The Morgan fingerprint density at radius 2 is 1.75 bits per heavy atom. The largest absolute Gasteiger partial charge is 0.368 e. The molecule has 6 nitrogen and oxygen atoms in total. The first kappa shape index (κ1) is 18.5. The van der Waals surface area contributed by atoms with E-state index in [1.165, 1.54) is 11.3 Å². The van der Waals surface area contributed by atoms with Crippen molar-refractivity contribution in [3.8, 4) is 0 Å². The second-order valence-electron chi connectivity index (χ2n) is 7.04. The molecule has 2 aromatic carbocycles. The van der Waals surface area contributed by atoms with Gasteiger partial charge in [-0.1, -0.05) is 29.8 Å². The summed E-state index contributed by atoms with van der Waals surface area (Å²) in [5.41, 5.74) is 4.47. The summed E-state index contributed by atoms with van der Waals surface area (Å²) in [6, 6.07) is 14.5. The number of piperazine rings is 1. The summed E-state index contributed by atoms with van der Waals surface area (Å²) in [5.74, 6) is 1.30. The quantitative estimate of drug-likeness (QED) is 0.715. The van der Waals surface area contributed by atoms with Crippen molar-refractivity contribution < 1.29 is 0 Å². The number of nitrogens with one attached hydrogen (secondary N) is 1. The van der Waals surface area contributed by atoms with E-state index in [9.17, 15) is 0 Å². The standard InChI is InChI=1S/C21H23ClN6/c1-15-4-3-5-18(12-15)27-8-10-28(11-9-27)21-25-20(14-23-26-21)24-17-7-6-16(2)19(22)13-17/h3-7,12-14H,8-11H2,1-2H3,(H,24,25,26). The normalized spacial score (nSPS) is 14.2. The predicted molar refractivity (Wildman–Crippen MR) is 115 cm³/mol. The Balaban J connectivity index is 1.43. The van der Waals surface area contributed by atoms with Gasteiger partial charge in [-0.15, -0.1) is 5.10 Å². The topological polar surface area (TPSA) is 57.2 Å². The molecule has 3 aromatic rings. The van der Waals surface area contributed by atoms with Gasteiger partial charge in [-0.3, -0.25) is 0 Å². The van der Waals surface area contributed by atoms with Crippen LogP contribution in [0.15, 0.2) is 48.7 Å². The molecule has 28 heavy (non-hydrogen) atoms. The highest BCUT2D eigenvalue weighted by molar-refractivity contribution is 6.31. The van der Waals surface area contributed by atoms with E-state index >= 15 is 0 Å². The lowest BCUT2D eigenvalue weighted by Gasteiger charge is -2.36. The Hall–Kier alpha value is -2.86. The van der Waals surface area contributed by atoms with E-state index in [0.717, 1.165) is 42.5 Å². The van der Waals surface area contributed by atoms with Crippen LogP contribution in [0, 0.1) is 13.8 Å². The van der Waals surface area contributed by atoms with E-state index < -0.39 is 0 Å². The predicted octanol–water partition coefficient (Wildman–Crippen LogP) is 4.21. The van der Waals surface area contributed by atoms with E-state index in [0.29, 0.717) is 11.8 Å². The van der Waals surface area contributed by atoms with Crippen molar-refractivity contribution in [1.82, 2.24) is 15.2 Å². The lowest BCUT2D eigenvalue weighted by Crippen LogP contribution is -2.47. The Morgan fingerprint density at radius 3 is 2.50 bits per heavy atom. The molecule has 1 saturated heterocycles. The molecule has 1 aromatic heterocycles. The van der Waals surface area contributed by atoms with Crippen LogP contribution in [0.3, 0.4) is 0 Å². The van der Waals surface area contributed by atoms with Crippen LogP contribution in [0.2, 0.25) is 5.02 Å². The molecule has 7 heteroatoms. The number of halogens is 1. The Kier molecular flexibility index (Phi) is 5.30. The Bertz CT molecular complexity index is 969. The van der Waals surface area contributed by atoms with Crippen LogP contribution in [0.1, 0.15) is 11.1 Å². The molecule has 0 unspecified atom stereocenters. The summed E-state index contributed by atoms with van der Waals surface area (Å²) in [6.45, 7) is 7.67. The third kappa shape index (κ3) is 4.17. The zero-order valence-electron chi connectivity index (χ0n) is 16.1. The number of hydrogen-bond acceptors (Lipinski definition) is 6. The summed E-state index contributed by atoms with van der Waals surface area (Å²) in [4.78, 5) is 9.20. The number of aromatic nitrogens is 3. The van der Waals surface area contributed by atoms with Gasteiger partial charge in [-0.05, 0) is 49.2 Å². The fraction of sp³-hybridized carbons (Fsp3) is 0.286. The summed E-state index contributed by atoms with van der Waals surface area (Å²) in [5, 5.41) is 12.3. The lowest BCUT2D eigenvalue weighted by molar-refractivity contribution is 0.635. The highest BCUT2D eigenvalue weighted by Gasteiger charge is 2.20. The maximum atomic E-state index is 6.21. The van der Waals surface area contributed by atoms with Gasteiger partial charge >= 0.3 is 0 Å². The number of hydrogen-bond donors (Lipinski definition) is 1. The zero-order valence-corrected chi connectivity index (χ0v) is 16.8. The van der Waals surface area contributed by atoms with Crippen LogP contribution < -0.4 is 15.1 Å². The maximum absolute atomic E-state index is 6.21. The lowest BCUT2D eigenvalue weighted by atomic mass is 10.2. The maximum Gasteiger partial charge on any atom is 0.247 e. The number of rotatable bonds is 4. The monoisotopic (exact) mass is 394 g/mol. The molecule has 0 aliphatic carbocycles. The molecule has 0 spiro atoms. The van der Waals surface area contributed by atoms with Crippen molar-refractivity contribution in [3.05, 3.63) is 64.8 Å². The van der Waals surface area contributed by atoms with Gasteiger partial charge in [0.05, 0.1) is 6.20 Å². The SMILES string of the molecule is Cc1cccc(N2CCN(c3nncc(Nc4ccc(C)c(Cl)c4)n3)CC2)c1. The van der Waals surface area contributed by atoms with Gasteiger partial charge in [0.25, 0.3) is 0 Å². The van der Waals surface area contributed by atoms with Gasteiger partial charge in [0.15, 0.2) is 5.82 Å². The average Bonchev–Trinajstić information content (AvgIpc) is 2.71. The van der Waals surface area contributed by atoms with Crippen molar-refractivity contribution in [2.45, 2.75) is 13.8 Å². The van der Waals surface area contributed by atoms with Crippen LogP contribution in [-0.2, 0) is 0 Å². The second-order valence-corrected chi connectivity index (χ2v) is 7.45. The van der Waals surface area contributed by atoms with Crippen molar-refractivity contribution in [1.29, 1.82) is 0 Å². The molecule has 0 atom stereocenters. The van der Waals surface area contributed by atoms with Gasteiger partial charge in [-0.2, -0.15) is 10.1 Å². The van der Waals surface area contributed by atoms with Crippen LogP contribution in [0.25, 0.3) is 0 Å². The van der Waals surface area contributed by atoms with E-state index in [2.05, 4.69) is 61.5 Å². The minimum Gasteiger partial charge on any atom is -0.368 e. The van der Waals surface area contributed by atoms with Crippen LogP contribution in [0.5, 0.6) is 0 Å². The van der Waals surface area contributed by atoms with Gasteiger partial charge in [-0.25, -0.2) is 0 Å². The Morgan fingerprint density at radius 1 is 0.964 bits per heavy atom. The summed E-state index contributed by atoms with van der Waals surface area (Å²) >= 11 is 6.21. The fourth-order valence-electron chi connectivity index (χ4n) is 3.30. The minimum atomic E-state index is 0.645. The van der Waals surface area contributed by atoms with Crippen LogP contribution in [-0.4, -0.2) is 41.4 Å². The van der Waals surface area contributed by atoms with Crippen molar-refractivity contribution in [2.75, 3.05) is 41.3 Å². The van der Waals surface area contributed by atoms with E-state index in [4.69, 9.17) is 11.6 Å². The Labute approximate surface area is 170 Å². The first-order valence-electron chi connectivity index (χ1n) is 9.38. The molecular formula is C21H23ClN6. The van der Waals surface area contributed by atoms with Crippen LogP contribution >= 0.6 is 11.6 Å². The average molecular weight is 395 g/mol. The summed E-state index contributed by atoms with van der Waals surface area (Å²) < 4.78 is 0. The molecule has 0 amide bonds. The molecule has 0 radical (unpaired) electrons. The minimum absolute atomic E-state index is 0.645. The summed E-state index contributed by atoms with van der Waals surface area (Å²) in [7, 11) is 0. The first-order chi connectivity index (χ1) is 13.6. The third-order valence-corrected chi connectivity index (χ3v) is 5.33. The van der Waals surface area contributed by atoms with Crippen molar-refractivity contribution in [2.24, 2.45) is 0 Å². The summed E-state index contributed by atoms with van der Waals surface area (Å²) in [6.07, 6.45) is 1.63. The number of benzene rings is 2. The molecule has 1 N–H and O–H groups in total. The molecule has 0 saturated carbocycles. The molecule has 0 bridgehead atoms. The van der Waals surface area contributed by atoms with Gasteiger partial charge in [0.1, 0.15) is 0 Å². The molecule has 1 aliphatic rings. The van der Waals surface area contributed by atoms with Gasteiger partial charge in [0.2, 0.25) is 5.95 Å². The van der Waals surface area contributed by atoms with E-state index in [-0.39, 0.29) is 0 Å². The molecule has 1 fully saturated rings. The van der Waals surface area contributed by atoms with Crippen LogP contribution in [0.4, 0.5) is 23.1 Å². The number of nitrogens with zero attached hydrogens (tertiary/aromatic N) is 5. The smallest absolute Gasteiger partial charge is 0.247 e. The van der Waals surface area contributed by atoms with E-state index in [1.807, 2.05) is 25.1 Å². The van der Waals surface area contributed by atoms with Crippen molar-refractivity contribution >= 4 is 34.7 Å². The fourth-order valence-corrected chi connectivity index (χ4v) is 3.48. The number of anilines is 4. The molecule has 144 valence electrons. The van der Waals surface area contributed by atoms with Gasteiger partial charge < -0.3 is 15.1 Å². The zero-order chi connectivity index (χ0) is 19.5. The highest BCUT2D eigenvalue weighted by atomic mass is 35.5. The molecule has 2 heterocycles. The highest BCUT2D eigenvalue weighted by Crippen LogP contribution is 2.23. The van der Waals surface area contributed by atoms with Crippen molar-refractivity contribution in [3.63, 3.8) is 0 Å². The number of aryl methyl sites for hydroxylation is 2.